The first kappa shape index (κ1) is 13.8. The third-order valence-corrected chi connectivity index (χ3v) is 3.28. The molecule has 0 saturated carbocycles. The molecule has 0 atom stereocenters. The largest absolute Gasteiger partial charge is 0.573 e. The van der Waals surface area contributed by atoms with E-state index in [1.54, 1.807) is 12.1 Å². The standard InChI is InChI=1S/C14H11F3OS/c1-10-3-2-4-13(9-10)19-12-7-5-11(6-8-12)18-14(15,16)17/h2-9H,1H3. The minimum atomic E-state index is -4.65. The monoisotopic (exact) mass is 284 g/mol. The first-order valence-corrected chi connectivity index (χ1v) is 6.34. The molecule has 1 nitrogen and oxygen atoms in total. The highest BCUT2D eigenvalue weighted by atomic mass is 32.2. The number of alkyl halides is 3. The van der Waals surface area contributed by atoms with Gasteiger partial charge in [0.25, 0.3) is 0 Å². The van der Waals surface area contributed by atoms with Crippen LogP contribution in [0.4, 0.5) is 13.2 Å². The van der Waals surface area contributed by atoms with Gasteiger partial charge in [-0.3, -0.25) is 0 Å². The zero-order valence-electron chi connectivity index (χ0n) is 10.1. The summed E-state index contributed by atoms with van der Waals surface area (Å²) >= 11 is 1.49. The van der Waals surface area contributed by atoms with E-state index in [4.69, 9.17) is 0 Å². The third kappa shape index (κ3) is 4.52. The Morgan fingerprint density at radius 1 is 0.947 bits per heavy atom. The Kier molecular flexibility index (Phi) is 4.04. The molecular weight excluding hydrogens is 273 g/mol. The second kappa shape index (κ2) is 5.57. The van der Waals surface area contributed by atoms with Gasteiger partial charge in [-0.05, 0) is 43.3 Å². The summed E-state index contributed by atoms with van der Waals surface area (Å²) in [6.45, 7) is 1.99. The first-order valence-electron chi connectivity index (χ1n) is 5.53. The van der Waals surface area contributed by atoms with Crippen molar-refractivity contribution < 1.29 is 17.9 Å². The van der Waals surface area contributed by atoms with Crippen molar-refractivity contribution in [1.82, 2.24) is 0 Å². The maximum absolute atomic E-state index is 12.0. The van der Waals surface area contributed by atoms with Crippen LogP contribution < -0.4 is 4.74 Å². The molecule has 0 aliphatic heterocycles. The second-order valence-electron chi connectivity index (χ2n) is 3.94. The van der Waals surface area contributed by atoms with Crippen LogP contribution in [-0.4, -0.2) is 6.36 Å². The van der Waals surface area contributed by atoms with Crippen LogP contribution >= 0.6 is 11.8 Å². The van der Waals surface area contributed by atoms with Crippen LogP contribution in [-0.2, 0) is 0 Å². The Balaban J connectivity index is 2.07. The number of halogens is 3. The van der Waals surface area contributed by atoms with Gasteiger partial charge in [0.05, 0.1) is 0 Å². The Hall–Kier alpha value is -1.62. The van der Waals surface area contributed by atoms with Crippen molar-refractivity contribution in [1.29, 1.82) is 0 Å². The molecule has 0 N–H and O–H groups in total. The number of aryl methyl sites for hydroxylation is 1. The highest BCUT2D eigenvalue weighted by Crippen LogP contribution is 2.30. The van der Waals surface area contributed by atoms with E-state index in [0.29, 0.717) is 0 Å². The lowest BCUT2D eigenvalue weighted by atomic mass is 10.2. The summed E-state index contributed by atoms with van der Waals surface area (Å²) in [5, 5.41) is 0. The average molecular weight is 284 g/mol. The molecule has 0 fully saturated rings. The van der Waals surface area contributed by atoms with Gasteiger partial charge in [0.15, 0.2) is 0 Å². The maximum Gasteiger partial charge on any atom is 0.573 e. The van der Waals surface area contributed by atoms with Gasteiger partial charge >= 0.3 is 6.36 Å². The lowest BCUT2D eigenvalue weighted by Crippen LogP contribution is -2.16. The molecule has 0 heterocycles. The zero-order chi connectivity index (χ0) is 13.9. The minimum absolute atomic E-state index is 0.207. The minimum Gasteiger partial charge on any atom is -0.406 e. The molecule has 19 heavy (non-hydrogen) atoms. The number of ether oxygens (including phenoxy) is 1. The van der Waals surface area contributed by atoms with Crippen LogP contribution in [0.25, 0.3) is 0 Å². The predicted molar refractivity (Wildman–Crippen MR) is 68.4 cm³/mol. The van der Waals surface area contributed by atoms with E-state index in [-0.39, 0.29) is 5.75 Å². The fourth-order valence-corrected chi connectivity index (χ4v) is 2.46. The zero-order valence-corrected chi connectivity index (χ0v) is 10.9. The normalized spacial score (nSPS) is 11.4. The van der Waals surface area contributed by atoms with E-state index in [2.05, 4.69) is 4.74 Å². The van der Waals surface area contributed by atoms with Gasteiger partial charge in [0.1, 0.15) is 5.75 Å². The molecule has 0 unspecified atom stereocenters. The van der Waals surface area contributed by atoms with Gasteiger partial charge in [0.2, 0.25) is 0 Å². The Bertz CT molecular complexity index is 549. The summed E-state index contributed by atoms with van der Waals surface area (Å²) in [5.41, 5.74) is 1.14. The van der Waals surface area contributed by atoms with Crippen molar-refractivity contribution in [2.45, 2.75) is 23.1 Å². The van der Waals surface area contributed by atoms with Crippen LogP contribution in [0, 0.1) is 6.92 Å². The van der Waals surface area contributed by atoms with Crippen molar-refractivity contribution in [3.8, 4) is 5.75 Å². The second-order valence-corrected chi connectivity index (χ2v) is 5.08. The summed E-state index contributed by atoms with van der Waals surface area (Å²) < 4.78 is 39.8. The summed E-state index contributed by atoms with van der Waals surface area (Å²) in [4.78, 5) is 1.91. The van der Waals surface area contributed by atoms with Crippen molar-refractivity contribution in [3.05, 3.63) is 54.1 Å². The van der Waals surface area contributed by atoms with E-state index in [1.165, 1.54) is 23.9 Å². The van der Waals surface area contributed by atoms with Crippen LogP contribution in [0.15, 0.2) is 58.3 Å². The molecule has 0 radical (unpaired) electrons. The van der Waals surface area contributed by atoms with Gasteiger partial charge in [0, 0.05) is 9.79 Å². The predicted octanol–water partition coefficient (Wildman–Crippen LogP) is 5.04. The number of hydrogen-bond acceptors (Lipinski definition) is 2. The van der Waals surface area contributed by atoms with Gasteiger partial charge in [-0.2, -0.15) is 0 Å². The smallest absolute Gasteiger partial charge is 0.406 e. The van der Waals surface area contributed by atoms with Gasteiger partial charge in [-0.15, -0.1) is 13.2 Å². The molecule has 2 rings (SSSR count). The fourth-order valence-electron chi connectivity index (χ4n) is 1.52. The molecule has 0 saturated heterocycles. The van der Waals surface area contributed by atoms with Crippen LogP contribution in [0.3, 0.4) is 0 Å². The summed E-state index contributed by atoms with van der Waals surface area (Å²) in [7, 11) is 0. The fraction of sp³-hybridized carbons (Fsp3) is 0.143. The summed E-state index contributed by atoms with van der Waals surface area (Å²) in [5.74, 6) is -0.207. The van der Waals surface area contributed by atoms with Crippen molar-refractivity contribution in [3.63, 3.8) is 0 Å². The first-order chi connectivity index (χ1) is 8.92. The molecule has 0 aliphatic carbocycles. The molecule has 100 valence electrons. The molecule has 5 heteroatoms. The molecule has 0 amide bonds. The van der Waals surface area contributed by atoms with E-state index < -0.39 is 6.36 Å². The van der Waals surface area contributed by atoms with Crippen molar-refractivity contribution in [2.75, 3.05) is 0 Å². The van der Waals surface area contributed by atoms with E-state index >= 15 is 0 Å². The van der Waals surface area contributed by atoms with Crippen molar-refractivity contribution >= 4 is 11.8 Å². The molecule has 0 spiro atoms. The molecule has 2 aromatic rings. The van der Waals surface area contributed by atoms with Crippen LogP contribution in [0.5, 0.6) is 5.75 Å². The number of hydrogen-bond donors (Lipinski definition) is 0. The van der Waals surface area contributed by atoms with Gasteiger partial charge in [-0.25, -0.2) is 0 Å². The molecule has 0 bridgehead atoms. The van der Waals surface area contributed by atoms with Crippen LogP contribution in [0.2, 0.25) is 0 Å². The van der Waals surface area contributed by atoms with E-state index in [9.17, 15) is 13.2 Å². The quantitative estimate of drug-likeness (QED) is 0.780. The Morgan fingerprint density at radius 3 is 2.21 bits per heavy atom. The number of rotatable bonds is 3. The Morgan fingerprint density at radius 2 is 1.63 bits per heavy atom. The van der Waals surface area contributed by atoms with Crippen molar-refractivity contribution in [2.24, 2.45) is 0 Å². The summed E-state index contributed by atoms with van der Waals surface area (Å²) in [6.07, 6.45) is -4.65. The van der Waals surface area contributed by atoms with Crippen LogP contribution in [0.1, 0.15) is 5.56 Å². The SMILES string of the molecule is Cc1cccc(Sc2ccc(OC(F)(F)F)cc2)c1. The van der Waals surface area contributed by atoms with Gasteiger partial charge in [-0.1, -0.05) is 29.5 Å². The lowest BCUT2D eigenvalue weighted by molar-refractivity contribution is -0.274. The Labute approximate surface area is 113 Å². The lowest BCUT2D eigenvalue weighted by Gasteiger charge is -2.09. The number of benzene rings is 2. The molecule has 2 aromatic carbocycles. The maximum atomic E-state index is 12.0. The highest BCUT2D eigenvalue weighted by Gasteiger charge is 2.30. The van der Waals surface area contributed by atoms with Gasteiger partial charge < -0.3 is 4.74 Å². The average Bonchev–Trinajstić information content (AvgIpc) is 2.30. The third-order valence-electron chi connectivity index (χ3n) is 2.28. The highest BCUT2D eigenvalue weighted by molar-refractivity contribution is 7.99. The molecule has 0 aliphatic rings. The molecule has 0 aromatic heterocycles. The summed E-state index contributed by atoms with van der Waals surface area (Å²) in [6, 6.07) is 13.7. The van der Waals surface area contributed by atoms with E-state index in [0.717, 1.165) is 15.4 Å². The van der Waals surface area contributed by atoms with E-state index in [1.807, 2.05) is 31.2 Å². The molecular formula is C14H11F3OS. The topological polar surface area (TPSA) is 9.23 Å².